The molecular weight excluding hydrogens is 653 g/mol. The van der Waals surface area contributed by atoms with Crippen LogP contribution in [0.2, 0.25) is 0 Å². The second-order valence-electron chi connectivity index (χ2n) is 15.6. The zero-order valence-corrected chi connectivity index (χ0v) is 29.8. The Bertz CT molecular complexity index is 1950. The van der Waals surface area contributed by atoms with E-state index in [1.807, 2.05) is 18.2 Å². The Balaban J connectivity index is 1.14. The number of piperidine rings is 1. The number of amides is 2. The number of methoxy groups -OCH3 is 1. The number of fused-ring (bicyclic) bond motifs is 7. The highest BCUT2D eigenvalue weighted by Crippen LogP contribution is 2.66. The largest absolute Gasteiger partial charge is 0.497 e. The van der Waals surface area contributed by atoms with E-state index in [-0.39, 0.29) is 11.8 Å². The van der Waals surface area contributed by atoms with E-state index in [2.05, 4.69) is 31.2 Å². The molecule has 1 aromatic heterocycles. The van der Waals surface area contributed by atoms with Crippen LogP contribution in [0.5, 0.6) is 5.75 Å². The zero-order chi connectivity index (χ0) is 34.2. The molecule has 4 heterocycles. The molecule has 2 aromatic carbocycles. The van der Waals surface area contributed by atoms with Crippen LogP contribution < -0.4 is 9.46 Å². The summed E-state index contributed by atoms with van der Waals surface area (Å²) in [5.74, 6) is 0.873. The molecule has 11 heteroatoms. The van der Waals surface area contributed by atoms with Gasteiger partial charge in [-0.05, 0) is 92.3 Å². The third kappa shape index (κ3) is 5.46. The number of nitrogens with one attached hydrogen (secondary N) is 1. The summed E-state index contributed by atoms with van der Waals surface area (Å²) in [5, 5.41) is 0.617. The summed E-state index contributed by atoms with van der Waals surface area (Å²) in [4.78, 5) is 33.0. The molecule has 50 heavy (non-hydrogen) atoms. The van der Waals surface area contributed by atoms with Crippen LogP contribution in [0.4, 0.5) is 0 Å². The molecule has 2 atom stereocenters. The van der Waals surface area contributed by atoms with E-state index < -0.39 is 26.6 Å². The van der Waals surface area contributed by atoms with Crippen LogP contribution in [-0.2, 0) is 26.1 Å². The van der Waals surface area contributed by atoms with Crippen LogP contribution >= 0.6 is 0 Å². The SMILES string of the molecule is COc1ccc2c(c1)C1CC1(C(=O)N1CCC(N3CCOCC3)CC1)Cn1c-2c(C2CCCCC2)c2ccc(C(=O)NS(=O)(=O)C3CC3)cc21. The molecule has 9 rings (SSSR count). The summed E-state index contributed by atoms with van der Waals surface area (Å²) >= 11 is 0. The molecule has 0 spiro atoms. The lowest BCUT2D eigenvalue weighted by Crippen LogP contribution is -2.51. The Hall–Kier alpha value is -3.41. The van der Waals surface area contributed by atoms with E-state index in [0.717, 1.165) is 99.4 Å². The number of sulfonamides is 1. The fourth-order valence-electron chi connectivity index (χ4n) is 9.76. The summed E-state index contributed by atoms with van der Waals surface area (Å²) in [6.07, 6.45) is 9.69. The predicted octanol–water partition coefficient (Wildman–Crippen LogP) is 5.40. The quantitative estimate of drug-likeness (QED) is 0.352. The van der Waals surface area contributed by atoms with Gasteiger partial charge in [0.1, 0.15) is 5.75 Å². The maximum atomic E-state index is 14.9. The molecule has 2 unspecified atom stereocenters. The number of ether oxygens (including phenoxy) is 2. The zero-order valence-electron chi connectivity index (χ0n) is 29.0. The van der Waals surface area contributed by atoms with Crippen molar-refractivity contribution in [3.8, 4) is 17.0 Å². The number of hydrogen-bond acceptors (Lipinski definition) is 7. The summed E-state index contributed by atoms with van der Waals surface area (Å²) in [6, 6.07) is 12.5. The number of rotatable bonds is 7. The molecule has 3 aromatic rings. The average Bonchev–Trinajstić information content (AvgIpc) is 4.08. The molecule has 3 aliphatic heterocycles. The van der Waals surface area contributed by atoms with E-state index in [4.69, 9.17) is 9.47 Å². The number of hydrogen-bond donors (Lipinski definition) is 1. The van der Waals surface area contributed by atoms with Gasteiger partial charge in [-0.15, -0.1) is 0 Å². The fourth-order valence-corrected chi connectivity index (χ4v) is 11.1. The Morgan fingerprint density at radius 2 is 1.68 bits per heavy atom. The van der Waals surface area contributed by atoms with Crippen molar-refractivity contribution < 1.29 is 27.5 Å². The highest BCUT2D eigenvalue weighted by Gasteiger charge is 2.64. The van der Waals surface area contributed by atoms with Crippen LogP contribution in [0, 0.1) is 5.41 Å². The monoisotopic (exact) mass is 700 g/mol. The second kappa shape index (κ2) is 12.4. The molecule has 2 amide bonds. The molecule has 10 nitrogen and oxygen atoms in total. The number of nitrogens with zero attached hydrogens (tertiary/aromatic N) is 3. The lowest BCUT2D eigenvalue weighted by atomic mass is 9.81. The predicted molar refractivity (Wildman–Crippen MR) is 191 cm³/mol. The molecule has 3 saturated carbocycles. The number of morpholine rings is 1. The van der Waals surface area contributed by atoms with Crippen LogP contribution in [0.15, 0.2) is 36.4 Å². The van der Waals surface area contributed by atoms with Gasteiger partial charge in [-0.25, -0.2) is 13.1 Å². The first-order valence-electron chi connectivity index (χ1n) is 18.8. The van der Waals surface area contributed by atoms with Crippen LogP contribution in [-0.4, -0.2) is 92.4 Å². The van der Waals surface area contributed by atoms with Crippen molar-refractivity contribution in [2.45, 2.75) is 93.9 Å². The normalized spacial score (nSPS) is 26.1. The third-order valence-electron chi connectivity index (χ3n) is 12.7. The molecule has 3 aliphatic carbocycles. The van der Waals surface area contributed by atoms with Crippen molar-refractivity contribution in [3.05, 3.63) is 53.1 Å². The van der Waals surface area contributed by atoms with E-state index in [0.29, 0.717) is 36.9 Å². The molecular formula is C39H48N4O6S. The lowest BCUT2D eigenvalue weighted by molar-refractivity contribution is -0.139. The van der Waals surface area contributed by atoms with Gasteiger partial charge in [0.2, 0.25) is 15.9 Å². The molecule has 1 N–H and O–H groups in total. The van der Waals surface area contributed by atoms with Crippen molar-refractivity contribution >= 4 is 32.7 Å². The topological polar surface area (TPSA) is 110 Å². The number of likely N-dealkylation sites (tertiary alicyclic amines) is 1. The Morgan fingerprint density at radius 3 is 2.40 bits per heavy atom. The first-order valence-corrected chi connectivity index (χ1v) is 20.3. The minimum Gasteiger partial charge on any atom is -0.497 e. The number of carbonyl (C=O) groups is 2. The standard InChI is InChI=1S/C39H48N4O6S/c1-48-28-8-12-30-32(22-28)33-23-39(33,38(45)42-15-13-27(14-16-42)41-17-19-49-20-18-41)24-43-34-21-26(37(44)40-50(46,47)29-9-10-29)7-11-31(34)35(36(30)43)25-5-3-2-4-6-25/h7-8,11-12,21-22,25,27,29,33H,2-6,9-10,13-20,23-24H2,1H3,(H,40,44). The molecule has 0 bridgehead atoms. The van der Waals surface area contributed by atoms with Gasteiger partial charge in [0.05, 0.1) is 36.7 Å². The van der Waals surface area contributed by atoms with Gasteiger partial charge in [0.15, 0.2) is 0 Å². The van der Waals surface area contributed by atoms with E-state index in [1.54, 1.807) is 13.2 Å². The van der Waals surface area contributed by atoms with Crippen molar-refractivity contribution in [1.29, 1.82) is 0 Å². The van der Waals surface area contributed by atoms with Gasteiger partial charge in [-0.1, -0.05) is 25.3 Å². The molecule has 6 aliphatic rings. The van der Waals surface area contributed by atoms with Crippen molar-refractivity contribution in [2.24, 2.45) is 5.41 Å². The van der Waals surface area contributed by atoms with Crippen LogP contribution in [0.3, 0.4) is 0 Å². The van der Waals surface area contributed by atoms with Crippen LogP contribution in [0.1, 0.15) is 97.5 Å². The van der Waals surface area contributed by atoms with E-state index in [1.165, 1.54) is 30.4 Å². The van der Waals surface area contributed by atoms with Gasteiger partial charge in [0.25, 0.3) is 5.91 Å². The molecule has 2 saturated heterocycles. The fraction of sp³-hybridized carbons (Fsp3) is 0.590. The smallest absolute Gasteiger partial charge is 0.264 e. The molecule has 5 fully saturated rings. The van der Waals surface area contributed by atoms with Crippen molar-refractivity contribution in [3.63, 3.8) is 0 Å². The summed E-state index contributed by atoms with van der Waals surface area (Å²) in [7, 11) is -2.00. The first kappa shape index (κ1) is 32.5. The number of carbonyl (C=O) groups excluding carboxylic acids is 2. The van der Waals surface area contributed by atoms with Gasteiger partial charge in [-0.3, -0.25) is 14.5 Å². The first-order chi connectivity index (χ1) is 24.3. The second-order valence-corrected chi connectivity index (χ2v) is 17.6. The van der Waals surface area contributed by atoms with Gasteiger partial charge in [0, 0.05) is 66.7 Å². The van der Waals surface area contributed by atoms with Crippen molar-refractivity contribution in [2.75, 3.05) is 46.5 Å². The maximum absolute atomic E-state index is 14.9. The van der Waals surface area contributed by atoms with E-state index in [9.17, 15) is 18.0 Å². The van der Waals surface area contributed by atoms with E-state index >= 15 is 0 Å². The minimum absolute atomic E-state index is 0.0707. The lowest BCUT2D eigenvalue weighted by Gasteiger charge is -2.41. The van der Waals surface area contributed by atoms with Gasteiger partial charge in [-0.2, -0.15) is 0 Å². The molecule has 266 valence electrons. The molecule has 0 radical (unpaired) electrons. The maximum Gasteiger partial charge on any atom is 0.264 e. The summed E-state index contributed by atoms with van der Waals surface area (Å²) < 4.78 is 41.5. The summed E-state index contributed by atoms with van der Waals surface area (Å²) in [6.45, 7) is 5.52. The Labute approximate surface area is 294 Å². The highest BCUT2D eigenvalue weighted by molar-refractivity contribution is 7.91. The minimum atomic E-state index is -3.69. The van der Waals surface area contributed by atoms with Gasteiger partial charge < -0.3 is 18.9 Å². The van der Waals surface area contributed by atoms with Crippen LogP contribution in [0.25, 0.3) is 22.2 Å². The Kier molecular flexibility index (Phi) is 8.04. The summed E-state index contributed by atoms with van der Waals surface area (Å²) in [5.41, 5.74) is 5.42. The number of benzene rings is 2. The number of aromatic nitrogens is 1. The Morgan fingerprint density at radius 1 is 0.920 bits per heavy atom. The van der Waals surface area contributed by atoms with Crippen molar-refractivity contribution in [1.82, 2.24) is 19.1 Å². The third-order valence-corrected chi connectivity index (χ3v) is 14.5. The average molecular weight is 701 g/mol. The van der Waals surface area contributed by atoms with Gasteiger partial charge >= 0.3 is 0 Å². The highest BCUT2D eigenvalue weighted by atomic mass is 32.2.